The molecule has 3 rings (SSSR count). The van der Waals surface area contributed by atoms with Gasteiger partial charge in [-0.2, -0.15) is 0 Å². The van der Waals surface area contributed by atoms with Gasteiger partial charge in [0.15, 0.2) is 0 Å². The molecule has 0 spiro atoms. The van der Waals surface area contributed by atoms with E-state index in [1.165, 1.54) is 5.56 Å². The number of hydrogen-bond donors (Lipinski definition) is 0. The van der Waals surface area contributed by atoms with E-state index in [4.69, 9.17) is 9.47 Å². The largest absolute Gasteiger partial charge is 0.497 e. The molecule has 2 atom stereocenters. The molecule has 0 aliphatic rings. The summed E-state index contributed by atoms with van der Waals surface area (Å²) in [4.78, 5) is 14.9. The normalized spacial score (nSPS) is 12.7. The minimum absolute atomic E-state index is 0.0432. The third-order valence-electron chi connectivity index (χ3n) is 4.98. The Bertz CT molecular complexity index is 894. The Hall–Kier alpha value is -3.27. The quantitative estimate of drug-likeness (QED) is 0.369. The molecule has 0 amide bonds. The predicted octanol–water partition coefficient (Wildman–Crippen LogP) is 5.65. The van der Waals surface area contributed by atoms with Gasteiger partial charge in [-0.05, 0) is 55.8 Å². The van der Waals surface area contributed by atoms with Crippen LogP contribution in [-0.4, -0.2) is 19.1 Å². The predicted molar refractivity (Wildman–Crippen MR) is 116 cm³/mol. The highest BCUT2D eigenvalue weighted by Crippen LogP contribution is 2.30. The molecule has 4 nitrogen and oxygen atoms in total. The van der Waals surface area contributed by atoms with Crippen LogP contribution in [0, 0.1) is 0 Å². The van der Waals surface area contributed by atoms with Crippen molar-refractivity contribution in [3.05, 3.63) is 90.5 Å². The van der Waals surface area contributed by atoms with Crippen molar-refractivity contribution in [3.63, 3.8) is 0 Å². The van der Waals surface area contributed by atoms with E-state index in [9.17, 15) is 4.79 Å². The Balaban J connectivity index is 1.75. The molecule has 0 aliphatic carbocycles. The minimum atomic E-state index is -0.260. The highest BCUT2D eigenvalue weighted by Gasteiger charge is 2.24. The van der Waals surface area contributed by atoms with Gasteiger partial charge in [-0.3, -0.25) is 4.79 Å². The molecule has 0 fully saturated rings. The Labute approximate surface area is 172 Å². The molecule has 0 saturated carbocycles. The Kier molecular flexibility index (Phi) is 6.90. The highest BCUT2D eigenvalue weighted by atomic mass is 16.5. The van der Waals surface area contributed by atoms with Gasteiger partial charge < -0.3 is 14.4 Å². The molecular formula is C25H27NO3. The Morgan fingerprint density at radius 1 is 0.828 bits per heavy atom. The van der Waals surface area contributed by atoms with Crippen LogP contribution in [0.15, 0.2) is 84.9 Å². The van der Waals surface area contributed by atoms with Gasteiger partial charge >= 0.3 is 5.97 Å². The van der Waals surface area contributed by atoms with Crippen molar-refractivity contribution in [2.75, 3.05) is 12.0 Å². The molecule has 0 bridgehead atoms. The van der Waals surface area contributed by atoms with Gasteiger partial charge in [0.1, 0.15) is 11.5 Å². The van der Waals surface area contributed by atoms with Gasteiger partial charge in [-0.25, -0.2) is 0 Å². The first-order chi connectivity index (χ1) is 14.1. The van der Waals surface area contributed by atoms with Crippen LogP contribution in [0.25, 0.3) is 0 Å². The fourth-order valence-corrected chi connectivity index (χ4v) is 3.51. The topological polar surface area (TPSA) is 38.8 Å². The number of carbonyl (C=O) groups is 1. The van der Waals surface area contributed by atoms with Gasteiger partial charge in [0, 0.05) is 11.7 Å². The maximum atomic E-state index is 12.6. The molecule has 3 aromatic carbocycles. The van der Waals surface area contributed by atoms with Crippen LogP contribution in [0.3, 0.4) is 0 Å². The summed E-state index contributed by atoms with van der Waals surface area (Å²) in [6.45, 7) is 4.22. The third-order valence-corrected chi connectivity index (χ3v) is 4.98. The molecule has 29 heavy (non-hydrogen) atoms. The first-order valence-corrected chi connectivity index (χ1v) is 9.81. The lowest BCUT2D eigenvalue weighted by atomic mass is 10.0. The molecule has 0 aliphatic heterocycles. The fraction of sp³-hybridized carbons (Fsp3) is 0.240. The molecule has 0 radical (unpaired) electrons. The molecule has 0 unspecified atom stereocenters. The smallest absolute Gasteiger partial charge is 0.313 e. The summed E-state index contributed by atoms with van der Waals surface area (Å²) >= 11 is 0. The average molecular weight is 389 g/mol. The fourth-order valence-electron chi connectivity index (χ4n) is 3.51. The van der Waals surface area contributed by atoms with Crippen LogP contribution in [0.4, 0.5) is 5.69 Å². The van der Waals surface area contributed by atoms with Gasteiger partial charge in [0.05, 0.1) is 19.6 Å². The number of hydrogen-bond acceptors (Lipinski definition) is 4. The van der Waals surface area contributed by atoms with Crippen molar-refractivity contribution in [2.24, 2.45) is 0 Å². The number of rotatable bonds is 8. The first kappa shape index (κ1) is 20.5. The molecular weight excluding hydrogens is 362 g/mol. The summed E-state index contributed by atoms with van der Waals surface area (Å²) in [7, 11) is 1.61. The van der Waals surface area contributed by atoms with Gasteiger partial charge in [0.25, 0.3) is 0 Å². The minimum Gasteiger partial charge on any atom is -0.497 e. The van der Waals surface area contributed by atoms with Crippen LogP contribution < -0.4 is 14.4 Å². The van der Waals surface area contributed by atoms with E-state index in [-0.39, 0.29) is 24.5 Å². The van der Waals surface area contributed by atoms with Gasteiger partial charge in [-0.1, -0.05) is 48.5 Å². The number of para-hydroxylation sites is 1. The zero-order valence-corrected chi connectivity index (χ0v) is 17.1. The molecule has 0 heterocycles. The molecule has 3 aromatic rings. The molecule has 0 aromatic heterocycles. The van der Waals surface area contributed by atoms with Crippen molar-refractivity contribution in [2.45, 2.75) is 32.4 Å². The highest BCUT2D eigenvalue weighted by molar-refractivity contribution is 5.74. The van der Waals surface area contributed by atoms with Crippen LogP contribution in [0.1, 0.15) is 31.9 Å². The number of benzene rings is 3. The van der Waals surface area contributed by atoms with Crippen LogP contribution in [-0.2, 0) is 4.79 Å². The monoisotopic (exact) mass is 389 g/mol. The Morgan fingerprint density at radius 3 is 1.97 bits per heavy atom. The molecule has 0 N–H and O–H groups in total. The van der Waals surface area contributed by atoms with Crippen molar-refractivity contribution >= 4 is 11.7 Å². The van der Waals surface area contributed by atoms with E-state index >= 15 is 0 Å². The van der Waals surface area contributed by atoms with Crippen molar-refractivity contribution in [1.82, 2.24) is 0 Å². The average Bonchev–Trinajstić information content (AvgIpc) is 2.75. The molecule has 4 heteroatoms. The third kappa shape index (κ3) is 5.38. The second-order valence-electron chi connectivity index (χ2n) is 7.03. The standard InChI is InChI=1S/C25H27NO3/c1-19(18-25(27)29-24-16-14-23(28-3)15-17-24)26(22-12-8-5-9-13-22)20(2)21-10-6-4-7-11-21/h4-17,19-20H,18H2,1-3H3/t19-,20-/m1/s1. The number of methoxy groups -OCH3 is 1. The lowest BCUT2D eigenvalue weighted by Gasteiger charge is -2.36. The number of ether oxygens (including phenoxy) is 2. The summed E-state index contributed by atoms with van der Waals surface area (Å²) in [5.41, 5.74) is 2.28. The molecule has 150 valence electrons. The summed E-state index contributed by atoms with van der Waals surface area (Å²) in [5, 5.41) is 0. The van der Waals surface area contributed by atoms with Crippen molar-refractivity contribution < 1.29 is 14.3 Å². The van der Waals surface area contributed by atoms with Gasteiger partial charge in [-0.15, -0.1) is 0 Å². The van der Waals surface area contributed by atoms with Crippen molar-refractivity contribution in [3.8, 4) is 11.5 Å². The number of nitrogens with zero attached hydrogens (tertiary/aromatic N) is 1. The van der Waals surface area contributed by atoms with E-state index in [2.05, 4.69) is 43.0 Å². The summed E-state index contributed by atoms with van der Waals surface area (Å²) in [5.74, 6) is 0.985. The zero-order valence-electron chi connectivity index (χ0n) is 17.1. The summed E-state index contributed by atoms with van der Waals surface area (Å²) < 4.78 is 10.7. The second kappa shape index (κ2) is 9.78. The van der Waals surface area contributed by atoms with Gasteiger partial charge in [0.2, 0.25) is 0 Å². The van der Waals surface area contributed by atoms with Crippen molar-refractivity contribution in [1.29, 1.82) is 0 Å². The number of anilines is 1. The van der Waals surface area contributed by atoms with E-state index < -0.39 is 0 Å². The second-order valence-corrected chi connectivity index (χ2v) is 7.03. The number of carbonyl (C=O) groups excluding carboxylic acids is 1. The van der Waals surface area contributed by atoms with E-state index in [0.29, 0.717) is 5.75 Å². The number of esters is 1. The lowest BCUT2D eigenvalue weighted by Crippen LogP contribution is -2.37. The van der Waals surface area contributed by atoms with E-state index in [1.807, 2.05) is 36.4 Å². The summed E-state index contributed by atoms with van der Waals surface area (Å²) in [6.07, 6.45) is 0.276. The zero-order chi connectivity index (χ0) is 20.6. The molecule has 0 saturated heterocycles. The maximum absolute atomic E-state index is 12.6. The van der Waals surface area contributed by atoms with E-state index in [0.717, 1.165) is 11.4 Å². The first-order valence-electron chi connectivity index (χ1n) is 9.81. The SMILES string of the molecule is COc1ccc(OC(=O)C[C@@H](C)N(c2ccccc2)[C@H](C)c2ccccc2)cc1. The van der Waals surface area contributed by atoms with Crippen LogP contribution in [0.2, 0.25) is 0 Å². The van der Waals surface area contributed by atoms with E-state index in [1.54, 1.807) is 31.4 Å². The van der Waals surface area contributed by atoms with Crippen LogP contribution in [0.5, 0.6) is 11.5 Å². The van der Waals surface area contributed by atoms with Crippen LogP contribution >= 0.6 is 0 Å². The Morgan fingerprint density at radius 2 is 1.38 bits per heavy atom. The summed E-state index contributed by atoms with van der Waals surface area (Å²) in [6, 6.07) is 27.6. The lowest BCUT2D eigenvalue weighted by molar-refractivity contribution is -0.134. The maximum Gasteiger partial charge on any atom is 0.313 e.